The smallest absolute Gasteiger partial charge is 0.328 e. The average Bonchev–Trinajstić information content (AvgIpc) is 2.12. The van der Waals surface area contributed by atoms with Crippen molar-refractivity contribution in [2.75, 3.05) is 13.7 Å². The Morgan fingerprint density at radius 3 is 2.50 bits per heavy atom. The highest BCUT2D eigenvalue weighted by molar-refractivity contribution is 5.80. The first-order valence-electron chi connectivity index (χ1n) is 5.95. The summed E-state index contributed by atoms with van der Waals surface area (Å²) in [6.45, 7) is 6.22. The van der Waals surface area contributed by atoms with Crippen LogP contribution in [0.5, 0.6) is 0 Å². The lowest BCUT2D eigenvalue weighted by Gasteiger charge is -2.34. The van der Waals surface area contributed by atoms with Gasteiger partial charge < -0.3 is 9.47 Å². The molecule has 0 bridgehead atoms. The Labute approximate surface area is 97.7 Å². The normalized spacial score (nSPS) is 20.3. The second-order valence-corrected chi connectivity index (χ2v) is 4.99. The number of esters is 1. The first-order valence-corrected chi connectivity index (χ1v) is 5.95. The van der Waals surface area contributed by atoms with Gasteiger partial charge >= 0.3 is 5.97 Å². The summed E-state index contributed by atoms with van der Waals surface area (Å²) in [4.78, 5) is 11.7. The number of rotatable bonds is 6. The molecule has 0 saturated heterocycles. The van der Waals surface area contributed by atoms with E-state index in [1.165, 1.54) is 13.5 Å². The first-order chi connectivity index (χ1) is 7.48. The Morgan fingerprint density at radius 2 is 2.12 bits per heavy atom. The molecule has 0 heterocycles. The number of hydrogen-bond donors (Lipinski definition) is 1. The van der Waals surface area contributed by atoms with E-state index in [0.29, 0.717) is 12.7 Å². The Balaban J connectivity index is 2.50. The molecule has 4 heteroatoms. The van der Waals surface area contributed by atoms with Crippen molar-refractivity contribution in [3.8, 4) is 0 Å². The Hall–Kier alpha value is -0.610. The van der Waals surface area contributed by atoms with Gasteiger partial charge in [-0.3, -0.25) is 5.32 Å². The van der Waals surface area contributed by atoms with Crippen LogP contribution in [0.25, 0.3) is 0 Å². The van der Waals surface area contributed by atoms with Crippen LogP contribution < -0.4 is 5.32 Å². The van der Waals surface area contributed by atoms with Crippen LogP contribution in [0.4, 0.5) is 0 Å². The molecule has 1 atom stereocenters. The van der Waals surface area contributed by atoms with Gasteiger partial charge in [0.05, 0.1) is 19.8 Å². The summed E-state index contributed by atoms with van der Waals surface area (Å²) in [7, 11) is 1.41. The molecule has 0 amide bonds. The maximum absolute atomic E-state index is 11.7. The molecule has 1 unspecified atom stereocenters. The summed E-state index contributed by atoms with van der Waals surface area (Å²) < 4.78 is 10.5. The lowest BCUT2D eigenvalue weighted by molar-refractivity contribution is -0.153. The van der Waals surface area contributed by atoms with Crippen LogP contribution in [0.2, 0.25) is 0 Å². The largest absolute Gasteiger partial charge is 0.468 e. The van der Waals surface area contributed by atoms with Gasteiger partial charge in [-0.1, -0.05) is 0 Å². The topological polar surface area (TPSA) is 47.6 Å². The molecule has 4 nitrogen and oxygen atoms in total. The van der Waals surface area contributed by atoms with E-state index in [0.717, 1.165) is 12.8 Å². The number of carbonyl (C=O) groups excluding carboxylic acids is 1. The second kappa shape index (κ2) is 5.64. The number of nitrogens with one attached hydrogen (secondary N) is 1. The molecule has 0 aromatic carbocycles. The summed E-state index contributed by atoms with van der Waals surface area (Å²) in [6.07, 6.45) is 3.78. The zero-order valence-electron chi connectivity index (χ0n) is 10.7. The molecule has 1 N–H and O–H groups in total. The molecule has 0 spiro atoms. The fraction of sp³-hybridized carbons (Fsp3) is 0.917. The van der Waals surface area contributed by atoms with Crippen molar-refractivity contribution in [3.05, 3.63) is 0 Å². The molecule has 0 aliphatic heterocycles. The van der Waals surface area contributed by atoms with Gasteiger partial charge in [0.15, 0.2) is 0 Å². The van der Waals surface area contributed by atoms with E-state index in [1.807, 2.05) is 20.8 Å². The van der Waals surface area contributed by atoms with E-state index >= 15 is 0 Å². The number of ether oxygens (including phenoxy) is 2. The van der Waals surface area contributed by atoms with Gasteiger partial charge in [0.2, 0.25) is 0 Å². The van der Waals surface area contributed by atoms with E-state index < -0.39 is 5.54 Å². The second-order valence-electron chi connectivity index (χ2n) is 4.99. The molecule has 1 aliphatic carbocycles. The third-order valence-electron chi connectivity index (χ3n) is 2.90. The summed E-state index contributed by atoms with van der Waals surface area (Å²) in [5, 5.41) is 3.21. The van der Waals surface area contributed by atoms with E-state index in [2.05, 4.69) is 5.32 Å². The van der Waals surface area contributed by atoms with E-state index in [9.17, 15) is 4.79 Å². The van der Waals surface area contributed by atoms with Gasteiger partial charge in [0.25, 0.3) is 0 Å². The molecule has 0 radical (unpaired) electrons. The van der Waals surface area contributed by atoms with Crippen molar-refractivity contribution >= 4 is 5.97 Å². The Morgan fingerprint density at radius 1 is 1.50 bits per heavy atom. The highest BCUT2D eigenvalue weighted by Gasteiger charge is 2.36. The zero-order valence-corrected chi connectivity index (χ0v) is 10.7. The van der Waals surface area contributed by atoms with Crippen molar-refractivity contribution in [2.24, 2.45) is 0 Å². The van der Waals surface area contributed by atoms with Crippen LogP contribution >= 0.6 is 0 Å². The van der Waals surface area contributed by atoms with Crippen molar-refractivity contribution in [2.45, 2.75) is 57.7 Å². The maximum Gasteiger partial charge on any atom is 0.328 e. The van der Waals surface area contributed by atoms with Gasteiger partial charge in [0.1, 0.15) is 5.54 Å². The zero-order chi connectivity index (χ0) is 12.2. The standard InChI is InChI=1S/C12H23NO3/c1-9(2)13-12(3,11(14)15-4)8-16-10-6-5-7-10/h9-10,13H,5-8H2,1-4H3. The molecule has 94 valence electrons. The van der Waals surface area contributed by atoms with E-state index in [-0.39, 0.29) is 12.0 Å². The van der Waals surface area contributed by atoms with Crippen molar-refractivity contribution in [1.82, 2.24) is 5.32 Å². The Kier molecular flexibility index (Phi) is 4.74. The molecule has 1 rings (SSSR count). The maximum atomic E-state index is 11.7. The van der Waals surface area contributed by atoms with Gasteiger partial charge in [-0.15, -0.1) is 0 Å². The SMILES string of the molecule is COC(=O)C(C)(COC1CCC1)NC(C)C. The molecule has 0 aromatic rings. The highest BCUT2D eigenvalue weighted by Crippen LogP contribution is 2.23. The van der Waals surface area contributed by atoms with Crippen LogP contribution in [0, 0.1) is 0 Å². The minimum absolute atomic E-state index is 0.217. The molecule has 1 aliphatic rings. The van der Waals surface area contributed by atoms with Crippen LogP contribution in [0.3, 0.4) is 0 Å². The van der Waals surface area contributed by atoms with Gasteiger partial charge in [-0.25, -0.2) is 4.79 Å². The summed E-state index contributed by atoms with van der Waals surface area (Å²) in [6, 6.07) is 0.217. The Bertz CT molecular complexity index is 238. The monoisotopic (exact) mass is 229 g/mol. The molecular formula is C12H23NO3. The van der Waals surface area contributed by atoms with E-state index in [1.54, 1.807) is 0 Å². The van der Waals surface area contributed by atoms with Crippen molar-refractivity contribution < 1.29 is 14.3 Å². The lowest BCUT2D eigenvalue weighted by atomic mass is 9.95. The molecular weight excluding hydrogens is 206 g/mol. The van der Waals surface area contributed by atoms with Gasteiger partial charge in [-0.2, -0.15) is 0 Å². The third-order valence-corrected chi connectivity index (χ3v) is 2.90. The lowest BCUT2D eigenvalue weighted by Crippen LogP contribution is -2.56. The molecule has 16 heavy (non-hydrogen) atoms. The predicted octanol–water partition coefficient (Wildman–Crippen LogP) is 1.49. The minimum Gasteiger partial charge on any atom is -0.468 e. The first kappa shape index (κ1) is 13.5. The predicted molar refractivity (Wildman–Crippen MR) is 62.3 cm³/mol. The van der Waals surface area contributed by atoms with E-state index in [4.69, 9.17) is 9.47 Å². The average molecular weight is 229 g/mol. The number of carbonyl (C=O) groups is 1. The van der Waals surface area contributed by atoms with Crippen LogP contribution in [0.15, 0.2) is 0 Å². The third kappa shape index (κ3) is 3.46. The molecule has 1 saturated carbocycles. The van der Waals surface area contributed by atoms with Crippen LogP contribution in [-0.2, 0) is 14.3 Å². The van der Waals surface area contributed by atoms with Crippen LogP contribution in [0.1, 0.15) is 40.0 Å². The quantitative estimate of drug-likeness (QED) is 0.701. The molecule has 0 aromatic heterocycles. The number of hydrogen-bond acceptors (Lipinski definition) is 4. The summed E-state index contributed by atoms with van der Waals surface area (Å²) in [5.41, 5.74) is -0.738. The van der Waals surface area contributed by atoms with Gasteiger partial charge in [-0.05, 0) is 40.0 Å². The summed E-state index contributed by atoms with van der Waals surface area (Å²) >= 11 is 0. The fourth-order valence-electron chi connectivity index (χ4n) is 1.84. The number of methoxy groups -OCH3 is 1. The van der Waals surface area contributed by atoms with Gasteiger partial charge in [0, 0.05) is 6.04 Å². The fourth-order valence-corrected chi connectivity index (χ4v) is 1.84. The highest BCUT2D eigenvalue weighted by atomic mass is 16.5. The summed E-state index contributed by atoms with van der Waals surface area (Å²) in [5.74, 6) is -0.263. The van der Waals surface area contributed by atoms with Crippen molar-refractivity contribution in [3.63, 3.8) is 0 Å². The minimum atomic E-state index is -0.738. The van der Waals surface area contributed by atoms with Crippen LogP contribution in [-0.4, -0.2) is 37.4 Å². The van der Waals surface area contributed by atoms with Crippen molar-refractivity contribution in [1.29, 1.82) is 0 Å². The molecule has 1 fully saturated rings.